The van der Waals surface area contributed by atoms with E-state index in [0.717, 1.165) is 4.57 Å². The van der Waals surface area contributed by atoms with Crippen molar-refractivity contribution in [3.05, 3.63) is 49.8 Å². The second-order valence-electron chi connectivity index (χ2n) is 5.62. The van der Waals surface area contributed by atoms with Crippen LogP contribution in [0.5, 0.6) is 5.75 Å². The Kier molecular flexibility index (Phi) is 4.68. The molecule has 0 unspecified atom stereocenters. The van der Waals surface area contributed by atoms with Gasteiger partial charge in [-0.05, 0) is 40.2 Å². The van der Waals surface area contributed by atoms with Crippen LogP contribution < -0.4 is 21.3 Å². The van der Waals surface area contributed by atoms with Gasteiger partial charge in [0, 0.05) is 19.8 Å². The number of methoxy groups -OCH3 is 1. The van der Waals surface area contributed by atoms with E-state index in [1.807, 2.05) is 0 Å². The molecule has 10 heteroatoms. The van der Waals surface area contributed by atoms with Crippen LogP contribution in [0.25, 0.3) is 11.2 Å². The van der Waals surface area contributed by atoms with Crippen molar-refractivity contribution in [3.8, 4) is 5.75 Å². The molecule has 2 heterocycles. The van der Waals surface area contributed by atoms with Crippen LogP contribution in [0, 0.1) is 0 Å². The number of nitrogens with one attached hydrogen (secondary N) is 1. The number of nitrogens with zero attached hydrogens (tertiary/aromatic N) is 4. The molecule has 1 amide bonds. The van der Waals surface area contributed by atoms with Crippen molar-refractivity contribution in [3.63, 3.8) is 0 Å². The quantitative estimate of drug-likeness (QED) is 0.629. The smallest absolute Gasteiger partial charge is 0.332 e. The highest BCUT2D eigenvalue weighted by Crippen LogP contribution is 2.18. The van der Waals surface area contributed by atoms with Gasteiger partial charge in [0.15, 0.2) is 15.9 Å². The highest BCUT2D eigenvalue weighted by Gasteiger charge is 2.19. The molecule has 0 aliphatic carbocycles. The van der Waals surface area contributed by atoms with Gasteiger partial charge < -0.3 is 14.6 Å². The Balaban J connectivity index is 1.95. The Morgan fingerprint density at radius 3 is 2.46 bits per heavy atom. The zero-order valence-electron chi connectivity index (χ0n) is 14.3. The lowest BCUT2D eigenvalue weighted by Gasteiger charge is -2.09. The molecular weight excluding hydrogens is 406 g/mol. The fraction of sp³-hybridized carbons (Fsp3) is 0.250. The molecule has 2 aromatic heterocycles. The first-order valence-corrected chi connectivity index (χ1v) is 8.38. The third-order valence-electron chi connectivity index (χ3n) is 3.98. The second kappa shape index (κ2) is 6.79. The van der Waals surface area contributed by atoms with E-state index >= 15 is 0 Å². The molecule has 0 saturated carbocycles. The molecule has 0 bridgehead atoms. The van der Waals surface area contributed by atoms with Crippen molar-refractivity contribution in [2.45, 2.75) is 6.54 Å². The van der Waals surface area contributed by atoms with Crippen LogP contribution in [0.3, 0.4) is 0 Å². The number of aryl methyl sites for hydroxylation is 1. The number of hydrogen-bond acceptors (Lipinski definition) is 5. The van der Waals surface area contributed by atoms with Gasteiger partial charge in [0.25, 0.3) is 5.56 Å². The third-order valence-corrected chi connectivity index (χ3v) is 4.58. The normalized spacial score (nSPS) is 10.9. The van der Waals surface area contributed by atoms with Gasteiger partial charge in [0.05, 0.1) is 7.11 Å². The highest BCUT2D eigenvalue weighted by atomic mass is 79.9. The van der Waals surface area contributed by atoms with Gasteiger partial charge in [-0.15, -0.1) is 0 Å². The molecular formula is C16H16BrN5O4. The molecule has 0 radical (unpaired) electrons. The monoisotopic (exact) mass is 421 g/mol. The van der Waals surface area contributed by atoms with E-state index in [-0.39, 0.29) is 28.3 Å². The summed E-state index contributed by atoms with van der Waals surface area (Å²) in [4.78, 5) is 41.1. The summed E-state index contributed by atoms with van der Waals surface area (Å²) in [6.07, 6.45) is 0. The predicted octanol–water partition coefficient (Wildman–Crippen LogP) is 0.843. The number of fused-ring (bicyclic) bond motifs is 1. The van der Waals surface area contributed by atoms with Gasteiger partial charge in [-0.2, -0.15) is 0 Å². The average molecular weight is 422 g/mol. The van der Waals surface area contributed by atoms with E-state index in [1.54, 1.807) is 31.4 Å². The number of imidazole rings is 1. The van der Waals surface area contributed by atoms with Crippen molar-refractivity contribution < 1.29 is 9.53 Å². The Bertz CT molecular complexity index is 1110. The van der Waals surface area contributed by atoms with Gasteiger partial charge in [-0.3, -0.25) is 18.7 Å². The molecule has 0 fully saturated rings. The van der Waals surface area contributed by atoms with E-state index in [9.17, 15) is 14.4 Å². The fourth-order valence-electron chi connectivity index (χ4n) is 2.58. The lowest BCUT2D eigenvalue weighted by Crippen LogP contribution is -2.37. The molecule has 26 heavy (non-hydrogen) atoms. The summed E-state index contributed by atoms with van der Waals surface area (Å²) < 4.78 is 9.03. The maximum Gasteiger partial charge on any atom is 0.332 e. The van der Waals surface area contributed by atoms with E-state index in [2.05, 4.69) is 26.2 Å². The summed E-state index contributed by atoms with van der Waals surface area (Å²) in [5, 5.41) is 2.74. The van der Waals surface area contributed by atoms with Crippen molar-refractivity contribution >= 4 is 38.7 Å². The SMILES string of the molecule is COc1ccc(NC(=O)Cn2c(Br)nc3c2c(=O)n(C)c(=O)n3C)cc1. The Morgan fingerprint density at radius 1 is 1.19 bits per heavy atom. The number of aromatic nitrogens is 4. The van der Waals surface area contributed by atoms with Crippen molar-refractivity contribution in [2.24, 2.45) is 14.1 Å². The van der Waals surface area contributed by atoms with Crippen LogP contribution in [-0.4, -0.2) is 31.7 Å². The average Bonchev–Trinajstić information content (AvgIpc) is 2.95. The third kappa shape index (κ3) is 3.03. The first-order valence-electron chi connectivity index (χ1n) is 7.59. The van der Waals surface area contributed by atoms with E-state index in [0.29, 0.717) is 11.4 Å². The number of amides is 1. The van der Waals surface area contributed by atoms with Crippen molar-refractivity contribution in [2.75, 3.05) is 12.4 Å². The van der Waals surface area contributed by atoms with Gasteiger partial charge in [-0.1, -0.05) is 0 Å². The molecule has 9 nitrogen and oxygen atoms in total. The number of carbonyl (C=O) groups excluding carboxylic acids is 1. The lowest BCUT2D eigenvalue weighted by atomic mass is 10.3. The molecule has 136 valence electrons. The zero-order valence-corrected chi connectivity index (χ0v) is 15.9. The standard InChI is InChI=1S/C16H16BrN5O4/c1-20-13-12(14(24)21(2)16(20)25)22(15(17)19-13)8-11(23)18-9-4-6-10(26-3)7-5-9/h4-7H,8H2,1-3H3,(H,18,23). The minimum absolute atomic E-state index is 0.142. The minimum atomic E-state index is -0.515. The van der Waals surface area contributed by atoms with Gasteiger partial charge in [0.1, 0.15) is 12.3 Å². The van der Waals surface area contributed by atoms with Crippen molar-refractivity contribution in [1.29, 1.82) is 0 Å². The van der Waals surface area contributed by atoms with Crippen LogP contribution in [0.4, 0.5) is 5.69 Å². The van der Waals surface area contributed by atoms with Gasteiger partial charge >= 0.3 is 5.69 Å². The molecule has 3 aromatic rings. The summed E-state index contributed by atoms with van der Waals surface area (Å²) >= 11 is 3.25. The summed E-state index contributed by atoms with van der Waals surface area (Å²) in [7, 11) is 4.46. The lowest BCUT2D eigenvalue weighted by molar-refractivity contribution is -0.116. The molecule has 0 aliphatic heterocycles. The Hall–Kier alpha value is -2.88. The zero-order chi connectivity index (χ0) is 19.0. The predicted molar refractivity (Wildman–Crippen MR) is 99.5 cm³/mol. The number of benzene rings is 1. The molecule has 0 saturated heterocycles. The van der Waals surface area contributed by atoms with Crippen LogP contribution >= 0.6 is 15.9 Å². The topological polar surface area (TPSA) is 100 Å². The number of halogens is 1. The summed E-state index contributed by atoms with van der Waals surface area (Å²) in [6.45, 7) is -0.142. The Morgan fingerprint density at radius 2 is 1.85 bits per heavy atom. The molecule has 0 aliphatic rings. The molecule has 1 N–H and O–H groups in total. The fourth-order valence-corrected chi connectivity index (χ4v) is 3.05. The number of carbonyl (C=O) groups is 1. The molecule has 0 spiro atoms. The van der Waals surface area contributed by atoms with E-state index in [1.165, 1.54) is 23.2 Å². The van der Waals surface area contributed by atoms with Gasteiger partial charge in [0.2, 0.25) is 5.91 Å². The minimum Gasteiger partial charge on any atom is -0.497 e. The number of ether oxygens (including phenoxy) is 1. The first kappa shape index (κ1) is 17.9. The first-order chi connectivity index (χ1) is 12.3. The van der Waals surface area contributed by atoms with Gasteiger partial charge in [-0.25, -0.2) is 9.78 Å². The number of anilines is 1. The second-order valence-corrected chi connectivity index (χ2v) is 6.33. The number of rotatable bonds is 4. The molecule has 0 atom stereocenters. The molecule has 3 rings (SSSR count). The summed E-state index contributed by atoms with van der Waals surface area (Å²) in [6, 6.07) is 6.87. The maximum absolute atomic E-state index is 12.5. The van der Waals surface area contributed by atoms with E-state index < -0.39 is 11.2 Å². The summed E-state index contributed by atoms with van der Waals surface area (Å²) in [5.41, 5.74) is -0.0221. The van der Waals surface area contributed by atoms with Crippen LogP contribution in [0.2, 0.25) is 0 Å². The Labute approximate surface area is 156 Å². The van der Waals surface area contributed by atoms with Crippen LogP contribution in [0.15, 0.2) is 38.6 Å². The largest absolute Gasteiger partial charge is 0.497 e. The van der Waals surface area contributed by atoms with E-state index in [4.69, 9.17) is 4.74 Å². The number of hydrogen-bond donors (Lipinski definition) is 1. The van der Waals surface area contributed by atoms with Crippen LogP contribution in [0.1, 0.15) is 0 Å². The summed E-state index contributed by atoms with van der Waals surface area (Å²) in [5.74, 6) is 0.335. The van der Waals surface area contributed by atoms with Crippen molar-refractivity contribution in [1.82, 2.24) is 18.7 Å². The van der Waals surface area contributed by atoms with Crippen LogP contribution in [-0.2, 0) is 25.4 Å². The molecule has 1 aromatic carbocycles. The highest BCUT2D eigenvalue weighted by molar-refractivity contribution is 9.10. The maximum atomic E-state index is 12.5.